The van der Waals surface area contributed by atoms with Crippen molar-refractivity contribution in [3.63, 3.8) is 0 Å². The maximum absolute atomic E-state index is 11.5. The van der Waals surface area contributed by atoms with Crippen LogP contribution in [0.4, 0.5) is 0 Å². The van der Waals surface area contributed by atoms with Crippen LogP contribution in [0.25, 0.3) is 0 Å². The van der Waals surface area contributed by atoms with Gasteiger partial charge in [0.15, 0.2) is 0 Å². The van der Waals surface area contributed by atoms with Crippen LogP contribution in [0.5, 0.6) is 0 Å². The van der Waals surface area contributed by atoms with Crippen LogP contribution in [0, 0.1) is 0 Å². The van der Waals surface area contributed by atoms with Gasteiger partial charge in [-0.1, -0.05) is 60.7 Å². The monoisotopic (exact) mass is 308 g/mol. The van der Waals surface area contributed by atoms with Crippen molar-refractivity contribution in [2.75, 3.05) is 0 Å². The number of aliphatic hydroxyl groups is 1. The van der Waals surface area contributed by atoms with E-state index in [1.54, 1.807) is 6.08 Å². The molecule has 0 heterocycles. The first-order valence-corrected chi connectivity index (χ1v) is 7.60. The van der Waals surface area contributed by atoms with E-state index in [-0.39, 0.29) is 6.61 Å². The summed E-state index contributed by atoms with van der Waals surface area (Å²) >= 11 is 0. The molecule has 0 bridgehead atoms. The maximum atomic E-state index is 11.5. The van der Waals surface area contributed by atoms with Gasteiger partial charge in [-0.15, -0.1) is 5.73 Å². The van der Waals surface area contributed by atoms with Crippen LogP contribution in [0.15, 0.2) is 78.5 Å². The molecule has 0 aliphatic rings. The van der Waals surface area contributed by atoms with E-state index in [0.717, 1.165) is 11.1 Å². The number of hydrogen-bond acceptors (Lipinski definition) is 3. The second kappa shape index (κ2) is 9.42. The third-order valence-electron chi connectivity index (χ3n) is 3.31. The third kappa shape index (κ3) is 6.35. The number of rotatable bonds is 7. The zero-order chi connectivity index (χ0) is 16.3. The number of aliphatic hydroxyl groups excluding tert-OH is 1. The van der Waals surface area contributed by atoms with Crippen LogP contribution in [0.2, 0.25) is 0 Å². The van der Waals surface area contributed by atoms with E-state index in [0.29, 0.717) is 12.8 Å². The lowest BCUT2D eigenvalue weighted by Gasteiger charge is -2.08. The molecule has 3 nitrogen and oxygen atoms in total. The molecule has 0 radical (unpaired) electrons. The Kier molecular flexibility index (Phi) is 6.86. The first-order chi connectivity index (χ1) is 11.3. The van der Waals surface area contributed by atoms with Crippen molar-refractivity contribution in [1.29, 1.82) is 0 Å². The molecule has 0 amide bonds. The SMILES string of the molecule is O=C(C=C=CCCC(O)c1ccccc1)OCc1ccccc1. The highest BCUT2D eigenvalue weighted by atomic mass is 16.5. The van der Waals surface area contributed by atoms with E-state index >= 15 is 0 Å². The molecule has 2 aromatic rings. The molecule has 118 valence electrons. The van der Waals surface area contributed by atoms with Crippen molar-refractivity contribution in [3.8, 4) is 0 Å². The van der Waals surface area contributed by atoms with Gasteiger partial charge in [0.25, 0.3) is 0 Å². The van der Waals surface area contributed by atoms with Crippen LogP contribution in [0.3, 0.4) is 0 Å². The summed E-state index contributed by atoms with van der Waals surface area (Å²) in [4.78, 5) is 11.5. The molecule has 0 spiro atoms. The summed E-state index contributed by atoms with van der Waals surface area (Å²) in [6.45, 7) is 0.255. The van der Waals surface area contributed by atoms with Gasteiger partial charge in [-0.3, -0.25) is 0 Å². The van der Waals surface area contributed by atoms with Gasteiger partial charge >= 0.3 is 5.97 Å². The van der Waals surface area contributed by atoms with E-state index < -0.39 is 12.1 Å². The summed E-state index contributed by atoms with van der Waals surface area (Å²) < 4.78 is 5.10. The molecule has 2 aromatic carbocycles. The van der Waals surface area contributed by atoms with Crippen LogP contribution in [0.1, 0.15) is 30.1 Å². The minimum absolute atomic E-state index is 0.255. The molecule has 0 aliphatic carbocycles. The van der Waals surface area contributed by atoms with Gasteiger partial charge in [0, 0.05) is 0 Å². The summed E-state index contributed by atoms with van der Waals surface area (Å²) in [6.07, 6.45) is 3.73. The average molecular weight is 308 g/mol. The molecule has 0 aromatic heterocycles. The number of carbonyl (C=O) groups excluding carboxylic acids is 1. The molecule has 2 rings (SSSR count). The van der Waals surface area contributed by atoms with Gasteiger partial charge in [-0.2, -0.15) is 0 Å². The highest BCUT2D eigenvalue weighted by Gasteiger charge is 2.04. The number of ether oxygens (including phenoxy) is 1. The van der Waals surface area contributed by atoms with E-state index in [1.165, 1.54) is 6.08 Å². The lowest BCUT2D eigenvalue weighted by Crippen LogP contribution is -2.00. The van der Waals surface area contributed by atoms with Crippen molar-refractivity contribution in [1.82, 2.24) is 0 Å². The molecule has 0 saturated carbocycles. The molecule has 1 unspecified atom stereocenters. The van der Waals surface area contributed by atoms with Crippen LogP contribution in [-0.2, 0) is 16.1 Å². The minimum Gasteiger partial charge on any atom is -0.457 e. The predicted octanol–water partition coefficient (Wildman–Crippen LogP) is 3.95. The fourth-order valence-corrected chi connectivity index (χ4v) is 2.06. The van der Waals surface area contributed by atoms with Crippen molar-refractivity contribution in [3.05, 3.63) is 89.7 Å². The second-order valence-electron chi connectivity index (χ2n) is 5.11. The number of hydrogen-bond donors (Lipinski definition) is 1. The summed E-state index contributed by atoms with van der Waals surface area (Å²) in [5, 5.41) is 9.99. The topological polar surface area (TPSA) is 46.5 Å². The van der Waals surface area contributed by atoms with Crippen molar-refractivity contribution < 1.29 is 14.6 Å². The molecule has 23 heavy (non-hydrogen) atoms. The molecule has 3 heteroatoms. The average Bonchev–Trinajstić information content (AvgIpc) is 2.61. The van der Waals surface area contributed by atoms with Crippen LogP contribution in [-0.4, -0.2) is 11.1 Å². The maximum Gasteiger partial charge on any atom is 0.338 e. The number of carbonyl (C=O) groups is 1. The second-order valence-corrected chi connectivity index (χ2v) is 5.11. The zero-order valence-electron chi connectivity index (χ0n) is 12.9. The standard InChI is InChI=1S/C20H20O3/c21-19(18-12-6-2-7-13-18)14-8-3-9-15-20(22)23-16-17-10-4-1-5-11-17/h1-7,10-13,15,19,21H,8,14,16H2. The number of esters is 1. The van der Waals surface area contributed by atoms with Gasteiger partial charge < -0.3 is 9.84 Å². The molecular formula is C20H20O3. The molecule has 1 atom stereocenters. The largest absolute Gasteiger partial charge is 0.457 e. The van der Waals surface area contributed by atoms with Crippen molar-refractivity contribution >= 4 is 5.97 Å². The quantitative estimate of drug-likeness (QED) is 0.478. The molecule has 1 N–H and O–H groups in total. The van der Waals surface area contributed by atoms with E-state index in [9.17, 15) is 9.90 Å². The Hall–Kier alpha value is -2.61. The lowest BCUT2D eigenvalue weighted by atomic mass is 10.1. The van der Waals surface area contributed by atoms with Crippen molar-refractivity contribution in [2.24, 2.45) is 0 Å². The van der Waals surface area contributed by atoms with Crippen LogP contribution < -0.4 is 0 Å². The van der Waals surface area contributed by atoms with Gasteiger partial charge in [0.1, 0.15) is 6.61 Å². The highest BCUT2D eigenvalue weighted by molar-refractivity contribution is 5.81. The van der Waals surface area contributed by atoms with E-state index in [1.807, 2.05) is 60.7 Å². The predicted molar refractivity (Wildman–Crippen MR) is 89.5 cm³/mol. The summed E-state index contributed by atoms with van der Waals surface area (Å²) in [7, 11) is 0. The highest BCUT2D eigenvalue weighted by Crippen LogP contribution is 2.17. The Balaban J connectivity index is 1.70. The first-order valence-electron chi connectivity index (χ1n) is 7.60. The van der Waals surface area contributed by atoms with Gasteiger partial charge in [0.05, 0.1) is 12.2 Å². The fourth-order valence-electron chi connectivity index (χ4n) is 2.06. The number of benzene rings is 2. The zero-order valence-corrected chi connectivity index (χ0v) is 12.9. The fraction of sp³-hybridized carbons (Fsp3) is 0.200. The molecule has 0 fully saturated rings. The third-order valence-corrected chi connectivity index (χ3v) is 3.31. The minimum atomic E-state index is -0.501. The van der Waals surface area contributed by atoms with E-state index in [4.69, 9.17) is 4.74 Å². The molecule has 0 saturated heterocycles. The normalized spacial score (nSPS) is 11.2. The van der Waals surface area contributed by atoms with Gasteiger partial charge in [-0.25, -0.2) is 4.79 Å². The van der Waals surface area contributed by atoms with Gasteiger partial charge in [0.2, 0.25) is 0 Å². The summed E-state index contributed by atoms with van der Waals surface area (Å²) in [5.41, 5.74) is 4.64. The summed E-state index contributed by atoms with van der Waals surface area (Å²) in [6, 6.07) is 19.0. The Labute approximate surface area is 136 Å². The Morgan fingerprint density at radius 2 is 1.74 bits per heavy atom. The molecule has 0 aliphatic heterocycles. The van der Waals surface area contributed by atoms with Crippen LogP contribution >= 0.6 is 0 Å². The first kappa shape index (κ1) is 16.8. The molecular weight excluding hydrogens is 288 g/mol. The summed E-state index contributed by atoms with van der Waals surface area (Å²) in [5.74, 6) is -0.422. The lowest BCUT2D eigenvalue weighted by molar-refractivity contribution is -0.138. The van der Waals surface area contributed by atoms with E-state index in [2.05, 4.69) is 5.73 Å². The Morgan fingerprint density at radius 1 is 1.09 bits per heavy atom. The van der Waals surface area contributed by atoms with Crippen molar-refractivity contribution in [2.45, 2.75) is 25.6 Å². The Morgan fingerprint density at radius 3 is 2.43 bits per heavy atom. The van der Waals surface area contributed by atoms with Gasteiger partial charge in [-0.05, 0) is 30.0 Å². The Bertz CT molecular complexity index is 656. The smallest absolute Gasteiger partial charge is 0.338 e.